The van der Waals surface area contributed by atoms with Crippen LogP contribution in [0.4, 0.5) is 26.1 Å². The number of aromatic nitrogens is 3. The number of anilines is 3. The molecule has 0 aliphatic heterocycles. The van der Waals surface area contributed by atoms with Crippen molar-refractivity contribution in [2.75, 3.05) is 17.3 Å². The first-order valence-corrected chi connectivity index (χ1v) is 9.23. The van der Waals surface area contributed by atoms with E-state index >= 15 is 0 Å². The van der Waals surface area contributed by atoms with Crippen LogP contribution in [0.2, 0.25) is 0 Å². The van der Waals surface area contributed by atoms with Crippen molar-refractivity contribution in [1.29, 1.82) is 0 Å². The standard InChI is InChI=1S/C20H21F2N5O/c1-4-11-7-13(21)8-14(22)18(11)27(3)16-9-15-17(23-10-26(15)2)19(24-16)25-20(28)12-5-6-12/h7-10,12H,4-6H2,1-3H3,(H,24,25,28). The van der Waals surface area contributed by atoms with E-state index < -0.39 is 11.6 Å². The molecule has 0 spiro atoms. The van der Waals surface area contributed by atoms with Crippen molar-refractivity contribution < 1.29 is 13.6 Å². The number of benzene rings is 1. The maximum Gasteiger partial charge on any atom is 0.228 e. The molecule has 1 aliphatic carbocycles. The number of pyridine rings is 1. The molecule has 6 nitrogen and oxygen atoms in total. The van der Waals surface area contributed by atoms with Crippen LogP contribution in [0.1, 0.15) is 25.3 Å². The van der Waals surface area contributed by atoms with E-state index in [1.807, 2.05) is 18.5 Å². The number of nitrogens with zero attached hydrogens (tertiary/aromatic N) is 4. The fourth-order valence-electron chi connectivity index (χ4n) is 3.32. The molecule has 1 saturated carbocycles. The number of aryl methyl sites for hydroxylation is 2. The number of hydrogen-bond donors (Lipinski definition) is 1. The number of imidazole rings is 1. The molecule has 0 atom stereocenters. The van der Waals surface area contributed by atoms with Gasteiger partial charge in [0.15, 0.2) is 5.82 Å². The minimum atomic E-state index is -0.658. The Morgan fingerprint density at radius 2 is 2.07 bits per heavy atom. The van der Waals surface area contributed by atoms with E-state index in [0.29, 0.717) is 29.1 Å². The van der Waals surface area contributed by atoms with E-state index in [-0.39, 0.29) is 17.5 Å². The molecule has 1 fully saturated rings. The molecule has 4 rings (SSSR count). The van der Waals surface area contributed by atoms with Crippen molar-refractivity contribution in [3.05, 3.63) is 41.7 Å². The summed E-state index contributed by atoms with van der Waals surface area (Å²) in [6, 6.07) is 3.97. The zero-order valence-corrected chi connectivity index (χ0v) is 16.0. The number of fused-ring (bicyclic) bond motifs is 1. The Kier molecular flexibility index (Phi) is 4.49. The Hall–Kier alpha value is -3.03. The zero-order valence-electron chi connectivity index (χ0n) is 16.0. The van der Waals surface area contributed by atoms with Crippen LogP contribution in [0.25, 0.3) is 11.0 Å². The summed E-state index contributed by atoms with van der Waals surface area (Å²) in [6.45, 7) is 1.84. The molecule has 3 aromatic rings. The maximum absolute atomic E-state index is 14.6. The molecular weight excluding hydrogens is 364 g/mol. The average Bonchev–Trinajstić information content (AvgIpc) is 3.44. The van der Waals surface area contributed by atoms with Gasteiger partial charge in [0.25, 0.3) is 0 Å². The van der Waals surface area contributed by atoms with Crippen LogP contribution in [0.5, 0.6) is 0 Å². The van der Waals surface area contributed by atoms with Crippen molar-refractivity contribution in [1.82, 2.24) is 14.5 Å². The van der Waals surface area contributed by atoms with Crippen molar-refractivity contribution in [3.8, 4) is 0 Å². The number of hydrogen-bond acceptors (Lipinski definition) is 4. The van der Waals surface area contributed by atoms with E-state index in [0.717, 1.165) is 24.4 Å². The Morgan fingerprint density at radius 1 is 1.32 bits per heavy atom. The molecule has 2 heterocycles. The van der Waals surface area contributed by atoms with E-state index in [4.69, 9.17) is 0 Å². The summed E-state index contributed by atoms with van der Waals surface area (Å²) in [7, 11) is 3.51. The topological polar surface area (TPSA) is 63.1 Å². The predicted octanol–water partition coefficient (Wildman–Crippen LogP) is 3.93. The van der Waals surface area contributed by atoms with Gasteiger partial charge >= 0.3 is 0 Å². The molecular formula is C20H21F2N5O. The highest BCUT2D eigenvalue weighted by Crippen LogP contribution is 2.35. The summed E-state index contributed by atoms with van der Waals surface area (Å²) in [6.07, 6.45) is 3.85. The van der Waals surface area contributed by atoms with Gasteiger partial charge < -0.3 is 14.8 Å². The number of carbonyl (C=O) groups excluding carboxylic acids is 1. The number of nitrogens with one attached hydrogen (secondary N) is 1. The lowest BCUT2D eigenvalue weighted by atomic mass is 10.1. The third-order valence-corrected chi connectivity index (χ3v) is 5.06. The first-order valence-electron chi connectivity index (χ1n) is 9.23. The van der Waals surface area contributed by atoms with Gasteiger partial charge in [-0.2, -0.15) is 0 Å². The molecule has 0 unspecified atom stereocenters. The molecule has 2 aromatic heterocycles. The van der Waals surface area contributed by atoms with Crippen LogP contribution >= 0.6 is 0 Å². The van der Waals surface area contributed by atoms with Gasteiger partial charge in [-0.1, -0.05) is 6.92 Å². The van der Waals surface area contributed by atoms with E-state index in [2.05, 4.69) is 15.3 Å². The fraction of sp³-hybridized carbons (Fsp3) is 0.350. The van der Waals surface area contributed by atoms with E-state index in [1.165, 1.54) is 6.07 Å². The van der Waals surface area contributed by atoms with Gasteiger partial charge in [0.05, 0.1) is 17.5 Å². The third kappa shape index (κ3) is 3.19. The summed E-state index contributed by atoms with van der Waals surface area (Å²) in [5, 5.41) is 2.85. The largest absolute Gasteiger partial charge is 0.334 e. The summed E-state index contributed by atoms with van der Waals surface area (Å²) in [5.74, 6) is -0.557. The Bertz CT molecular complexity index is 1070. The van der Waals surface area contributed by atoms with Crippen molar-refractivity contribution in [2.24, 2.45) is 13.0 Å². The SMILES string of the molecule is CCc1cc(F)cc(F)c1N(C)c1cc2c(ncn2C)c(NC(=O)C2CC2)n1. The molecule has 0 bridgehead atoms. The molecule has 0 saturated heterocycles. The Morgan fingerprint density at radius 3 is 2.75 bits per heavy atom. The summed E-state index contributed by atoms with van der Waals surface area (Å²) in [4.78, 5) is 22.7. The number of halogens is 2. The van der Waals surface area contributed by atoms with Gasteiger partial charge in [0, 0.05) is 32.1 Å². The molecule has 1 aromatic carbocycles. The molecule has 1 N–H and O–H groups in total. The lowest BCUT2D eigenvalue weighted by Crippen LogP contribution is -2.19. The molecule has 1 amide bonds. The second-order valence-electron chi connectivity index (χ2n) is 7.12. The minimum absolute atomic E-state index is 0.0168. The van der Waals surface area contributed by atoms with Crippen molar-refractivity contribution in [3.63, 3.8) is 0 Å². The van der Waals surface area contributed by atoms with Gasteiger partial charge in [0.1, 0.15) is 23.0 Å². The highest BCUT2D eigenvalue weighted by atomic mass is 19.1. The monoisotopic (exact) mass is 385 g/mol. The first kappa shape index (κ1) is 18.3. The van der Waals surface area contributed by atoms with Gasteiger partial charge in [-0.15, -0.1) is 0 Å². The normalized spacial score (nSPS) is 13.8. The van der Waals surface area contributed by atoms with E-state index in [1.54, 1.807) is 24.3 Å². The van der Waals surface area contributed by atoms with Crippen LogP contribution in [-0.4, -0.2) is 27.5 Å². The second-order valence-corrected chi connectivity index (χ2v) is 7.12. The Balaban J connectivity index is 1.82. The van der Waals surface area contributed by atoms with Crippen LogP contribution in [0.3, 0.4) is 0 Å². The fourth-order valence-corrected chi connectivity index (χ4v) is 3.32. The molecule has 146 valence electrons. The maximum atomic E-state index is 14.6. The van der Waals surface area contributed by atoms with Gasteiger partial charge in [-0.05, 0) is 30.9 Å². The van der Waals surface area contributed by atoms with Crippen LogP contribution in [0, 0.1) is 17.6 Å². The number of rotatable bonds is 5. The molecule has 28 heavy (non-hydrogen) atoms. The van der Waals surface area contributed by atoms with Crippen molar-refractivity contribution >= 4 is 34.3 Å². The lowest BCUT2D eigenvalue weighted by molar-refractivity contribution is -0.117. The van der Waals surface area contributed by atoms with Gasteiger partial charge in [-0.3, -0.25) is 4.79 Å². The number of amides is 1. The Labute approximate surface area is 161 Å². The van der Waals surface area contributed by atoms with E-state index in [9.17, 15) is 13.6 Å². The van der Waals surface area contributed by atoms with Crippen LogP contribution < -0.4 is 10.2 Å². The van der Waals surface area contributed by atoms with Gasteiger partial charge in [-0.25, -0.2) is 18.7 Å². The summed E-state index contributed by atoms with van der Waals surface area (Å²) < 4.78 is 30.0. The molecule has 1 aliphatic rings. The zero-order chi connectivity index (χ0) is 20.0. The average molecular weight is 385 g/mol. The predicted molar refractivity (Wildman–Crippen MR) is 104 cm³/mol. The minimum Gasteiger partial charge on any atom is -0.334 e. The smallest absolute Gasteiger partial charge is 0.228 e. The van der Waals surface area contributed by atoms with Crippen molar-refractivity contribution in [2.45, 2.75) is 26.2 Å². The summed E-state index contributed by atoms with van der Waals surface area (Å²) in [5.41, 5.74) is 2.13. The number of carbonyl (C=O) groups is 1. The van der Waals surface area contributed by atoms with Crippen LogP contribution in [-0.2, 0) is 18.3 Å². The molecule has 8 heteroatoms. The highest BCUT2D eigenvalue weighted by Gasteiger charge is 2.30. The van der Waals surface area contributed by atoms with Gasteiger partial charge in [0.2, 0.25) is 5.91 Å². The highest BCUT2D eigenvalue weighted by molar-refractivity contribution is 6.00. The first-order chi connectivity index (χ1) is 13.4. The third-order valence-electron chi connectivity index (χ3n) is 5.06. The summed E-state index contributed by atoms with van der Waals surface area (Å²) >= 11 is 0. The quantitative estimate of drug-likeness (QED) is 0.723. The van der Waals surface area contributed by atoms with Crippen LogP contribution in [0.15, 0.2) is 24.5 Å². The second kappa shape index (κ2) is 6.85. The lowest BCUT2D eigenvalue weighted by Gasteiger charge is -2.23. The molecule has 0 radical (unpaired) electrons.